The number of carbonyl (C=O) groups is 3. The van der Waals surface area contributed by atoms with Gasteiger partial charge in [-0.15, -0.1) is 0 Å². The van der Waals surface area contributed by atoms with Crippen LogP contribution >= 0.6 is 0 Å². The van der Waals surface area contributed by atoms with Crippen molar-refractivity contribution < 1.29 is 33.3 Å². The summed E-state index contributed by atoms with van der Waals surface area (Å²) in [6, 6.07) is 13.7. The molecule has 0 bridgehead atoms. The molecule has 0 N–H and O–H groups in total. The van der Waals surface area contributed by atoms with E-state index in [0.717, 1.165) is 44.1 Å². The summed E-state index contributed by atoms with van der Waals surface area (Å²) >= 11 is 0. The van der Waals surface area contributed by atoms with Crippen LogP contribution < -0.4 is 9.47 Å². The number of esters is 3. The lowest BCUT2D eigenvalue weighted by molar-refractivity contribution is -0.139. The van der Waals surface area contributed by atoms with E-state index in [2.05, 4.69) is 11.3 Å². The molecule has 190 valence electrons. The van der Waals surface area contributed by atoms with Crippen molar-refractivity contribution in [2.45, 2.75) is 51.0 Å². The van der Waals surface area contributed by atoms with Crippen molar-refractivity contribution in [3.8, 4) is 11.5 Å². The molecule has 0 amide bonds. The maximum Gasteiger partial charge on any atom is 0.343 e. The van der Waals surface area contributed by atoms with Gasteiger partial charge in [0.2, 0.25) is 0 Å². The number of ether oxygens (including phenoxy) is 4. The molecule has 7 heteroatoms. The molecular formula is C29H32O7. The van der Waals surface area contributed by atoms with E-state index in [1.54, 1.807) is 54.6 Å². The molecule has 7 nitrogen and oxygen atoms in total. The molecule has 0 radical (unpaired) electrons. The summed E-state index contributed by atoms with van der Waals surface area (Å²) in [5.74, 6) is -0.0378. The Labute approximate surface area is 211 Å². The molecule has 1 aliphatic rings. The molecule has 3 rings (SSSR count). The van der Waals surface area contributed by atoms with Gasteiger partial charge in [-0.1, -0.05) is 38.0 Å². The fourth-order valence-electron chi connectivity index (χ4n) is 3.72. The Bertz CT molecular complexity index is 1050. The van der Waals surface area contributed by atoms with Gasteiger partial charge in [0.25, 0.3) is 0 Å². The van der Waals surface area contributed by atoms with Crippen molar-refractivity contribution in [1.29, 1.82) is 0 Å². The monoisotopic (exact) mass is 492 g/mol. The van der Waals surface area contributed by atoms with Crippen LogP contribution in [0.2, 0.25) is 0 Å². The molecule has 1 aliphatic heterocycles. The van der Waals surface area contributed by atoms with E-state index in [1.807, 2.05) is 0 Å². The van der Waals surface area contributed by atoms with Crippen LogP contribution in [0.4, 0.5) is 0 Å². The number of rotatable bonds is 13. The van der Waals surface area contributed by atoms with Gasteiger partial charge in [0.1, 0.15) is 17.6 Å². The largest absolute Gasteiger partial charge is 0.494 e. The minimum absolute atomic E-state index is 0.0101. The Morgan fingerprint density at radius 1 is 0.972 bits per heavy atom. The van der Waals surface area contributed by atoms with E-state index in [-0.39, 0.29) is 12.1 Å². The molecule has 2 aromatic rings. The Hall–Kier alpha value is -3.87. The van der Waals surface area contributed by atoms with Crippen LogP contribution in [0.15, 0.2) is 66.8 Å². The topological polar surface area (TPSA) is 88.1 Å². The average Bonchev–Trinajstić information content (AvgIpc) is 3.21. The molecular weight excluding hydrogens is 460 g/mol. The normalized spacial score (nSPS) is 15.1. The standard InChI is InChI=1S/C29H32O7/c1-21-20-26(36-28(21)31)8-6-4-3-5-7-19-34-24-16-12-23(13-17-24)29(32)35-25-14-9-22(10-15-25)11-18-27(30)33-2/h9-18,26H,1,3-8,19-20H2,2H3. The van der Waals surface area contributed by atoms with E-state index < -0.39 is 11.9 Å². The van der Waals surface area contributed by atoms with E-state index in [0.29, 0.717) is 35.7 Å². The quantitative estimate of drug-likeness (QED) is 0.154. The number of benzene rings is 2. The average molecular weight is 493 g/mol. The highest BCUT2D eigenvalue weighted by Gasteiger charge is 2.26. The Kier molecular flexibility index (Phi) is 10.3. The van der Waals surface area contributed by atoms with Gasteiger partial charge in [0.05, 0.1) is 19.3 Å². The third-order valence-electron chi connectivity index (χ3n) is 5.77. The summed E-state index contributed by atoms with van der Waals surface area (Å²) < 4.78 is 21.0. The molecule has 2 aromatic carbocycles. The van der Waals surface area contributed by atoms with Gasteiger partial charge in [0, 0.05) is 18.1 Å². The minimum atomic E-state index is -0.462. The smallest absolute Gasteiger partial charge is 0.343 e. The van der Waals surface area contributed by atoms with Crippen LogP contribution in [-0.2, 0) is 19.1 Å². The lowest BCUT2D eigenvalue weighted by Crippen LogP contribution is -2.08. The minimum Gasteiger partial charge on any atom is -0.494 e. The molecule has 1 fully saturated rings. The lowest BCUT2D eigenvalue weighted by atomic mass is 10.1. The second kappa shape index (κ2) is 13.9. The van der Waals surface area contributed by atoms with Crippen molar-refractivity contribution in [3.63, 3.8) is 0 Å². The van der Waals surface area contributed by atoms with Crippen molar-refractivity contribution >= 4 is 24.0 Å². The first kappa shape index (κ1) is 26.7. The summed E-state index contributed by atoms with van der Waals surface area (Å²) in [4.78, 5) is 34.9. The molecule has 1 saturated heterocycles. The summed E-state index contributed by atoms with van der Waals surface area (Å²) in [5, 5.41) is 0. The SMILES string of the molecule is C=C1CC(CCCCCCCOc2ccc(C(=O)Oc3ccc(C=CC(=O)OC)cc3)cc2)OC1=O. The fraction of sp³-hybridized carbons (Fsp3) is 0.345. The molecule has 0 saturated carbocycles. The third-order valence-corrected chi connectivity index (χ3v) is 5.77. The predicted molar refractivity (Wildman–Crippen MR) is 136 cm³/mol. The highest BCUT2D eigenvalue weighted by molar-refractivity contribution is 5.91. The zero-order chi connectivity index (χ0) is 25.8. The zero-order valence-electron chi connectivity index (χ0n) is 20.6. The van der Waals surface area contributed by atoms with E-state index in [1.165, 1.54) is 13.2 Å². The molecule has 0 spiro atoms. The van der Waals surface area contributed by atoms with Crippen LogP contribution in [0.1, 0.15) is 60.9 Å². The maximum absolute atomic E-state index is 12.4. The highest BCUT2D eigenvalue weighted by Crippen LogP contribution is 2.23. The third kappa shape index (κ3) is 8.73. The summed E-state index contributed by atoms with van der Waals surface area (Å²) in [7, 11) is 1.32. The Morgan fingerprint density at radius 3 is 2.31 bits per heavy atom. The van der Waals surface area contributed by atoms with Gasteiger partial charge in [-0.05, 0) is 67.3 Å². The maximum atomic E-state index is 12.4. The first-order valence-corrected chi connectivity index (χ1v) is 12.1. The zero-order valence-corrected chi connectivity index (χ0v) is 20.6. The fourth-order valence-corrected chi connectivity index (χ4v) is 3.72. The van der Waals surface area contributed by atoms with Gasteiger partial charge in [-0.3, -0.25) is 0 Å². The van der Waals surface area contributed by atoms with Crippen molar-refractivity contribution in [3.05, 3.63) is 77.9 Å². The second-order valence-electron chi connectivity index (χ2n) is 8.58. The van der Waals surface area contributed by atoms with Gasteiger partial charge >= 0.3 is 17.9 Å². The van der Waals surface area contributed by atoms with Gasteiger partial charge in [-0.25, -0.2) is 14.4 Å². The molecule has 1 unspecified atom stereocenters. The summed E-state index contributed by atoms with van der Waals surface area (Å²) in [6.45, 7) is 4.32. The van der Waals surface area contributed by atoms with E-state index >= 15 is 0 Å². The molecule has 0 aromatic heterocycles. The lowest BCUT2D eigenvalue weighted by Gasteiger charge is -2.09. The number of methoxy groups -OCH3 is 1. The second-order valence-corrected chi connectivity index (χ2v) is 8.58. The van der Waals surface area contributed by atoms with Crippen LogP contribution in [0.25, 0.3) is 6.08 Å². The van der Waals surface area contributed by atoms with Gasteiger partial charge in [0.15, 0.2) is 0 Å². The highest BCUT2D eigenvalue weighted by atomic mass is 16.6. The number of cyclic esters (lactones) is 1. The Balaban J connectivity index is 1.30. The van der Waals surface area contributed by atoms with Crippen LogP contribution in [0.3, 0.4) is 0 Å². The number of carbonyl (C=O) groups excluding carboxylic acids is 3. The predicted octanol–water partition coefficient (Wildman–Crippen LogP) is 5.68. The number of hydrogen-bond donors (Lipinski definition) is 0. The van der Waals surface area contributed by atoms with E-state index in [9.17, 15) is 14.4 Å². The first-order chi connectivity index (χ1) is 17.4. The molecule has 1 heterocycles. The molecule has 36 heavy (non-hydrogen) atoms. The summed E-state index contributed by atoms with van der Waals surface area (Å²) in [5.41, 5.74) is 1.79. The van der Waals surface area contributed by atoms with E-state index in [4.69, 9.17) is 14.2 Å². The first-order valence-electron chi connectivity index (χ1n) is 12.1. The molecule has 1 atom stereocenters. The molecule has 0 aliphatic carbocycles. The number of unbranched alkanes of at least 4 members (excludes halogenated alkanes) is 4. The Morgan fingerprint density at radius 2 is 1.64 bits per heavy atom. The number of hydrogen-bond acceptors (Lipinski definition) is 7. The van der Waals surface area contributed by atoms with Crippen molar-refractivity contribution in [1.82, 2.24) is 0 Å². The van der Waals surface area contributed by atoms with Crippen LogP contribution in [-0.4, -0.2) is 37.7 Å². The van der Waals surface area contributed by atoms with Crippen molar-refractivity contribution in [2.75, 3.05) is 13.7 Å². The van der Waals surface area contributed by atoms with Gasteiger partial charge in [-0.2, -0.15) is 0 Å². The van der Waals surface area contributed by atoms with Gasteiger partial charge < -0.3 is 18.9 Å². The van der Waals surface area contributed by atoms with Crippen LogP contribution in [0.5, 0.6) is 11.5 Å². The van der Waals surface area contributed by atoms with Crippen molar-refractivity contribution in [2.24, 2.45) is 0 Å². The summed E-state index contributed by atoms with van der Waals surface area (Å²) in [6.07, 6.45) is 9.78. The van der Waals surface area contributed by atoms with Crippen LogP contribution in [0, 0.1) is 0 Å².